The minimum absolute atomic E-state index is 0.0835. The van der Waals surface area contributed by atoms with Gasteiger partial charge in [-0.05, 0) is 43.7 Å². The lowest BCUT2D eigenvalue weighted by Crippen LogP contribution is -2.37. The Morgan fingerprint density at radius 1 is 1.21 bits per heavy atom. The zero-order chi connectivity index (χ0) is 20.4. The van der Waals surface area contributed by atoms with Gasteiger partial charge in [0.1, 0.15) is 5.82 Å². The van der Waals surface area contributed by atoms with E-state index in [4.69, 9.17) is 5.10 Å². The van der Waals surface area contributed by atoms with Crippen molar-refractivity contribution in [3.8, 4) is 16.9 Å². The highest BCUT2D eigenvalue weighted by atomic mass is 19.1. The summed E-state index contributed by atoms with van der Waals surface area (Å²) in [6, 6.07) is 14.9. The maximum absolute atomic E-state index is 13.9. The predicted molar refractivity (Wildman–Crippen MR) is 111 cm³/mol. The standard InChI is InChI=1S/C23H25FN4O/c1-16-5-3-8-21(11-16)28-15-19(14-27-10-9-22(29)25-13-17(27)2)23(26-28)18-6-4-7-20(24)12-18/h3-8,11-12,15,17H,9-10,13-14H2,1-2H3,(H,25,29). The number of carbonyl (C=O) groups excluding carboxylic acids is 1. The number of nitrogens with one attached hydrogen (secondary N) is 1. The van der Waals surface area contributed by atoms with Gasteiger partial charge in [-0.1, -0.05) is 24.3 Å². The SMILES string of the molecule is Cc1cccc(-n2cc(CN3CCC(=O)NCC3C)c(-c3cccc(F)c3)n2)c1. The molecule has 2 heterocycles. The second kappa shape index (κ2) is 8.17. The molecule has 0 spiro atoms. The number of benzene rings is 2. The van der Waals surface area contributed by atoms with Gasteiger partial charge in [-0.15, -0.1) is 0 Å². The Morgan fingerprint density at radius 2 is 2.03 bits per heavy atom. The smallest absolute Gasteiger partial charge is 0.221 e. The van der Waals surface area contributed by atoms with Gasteiger partial charge in [-0.3, -0.25) is 9.69 Å². The van der Waals surface area contributed by atoms with E-state index in [9.17, 15) is 9.18 Å². The molecule has 29 heavy (non-hydrogen) atoms. The van der Waals surface area contributed by atoms with Crippen LogP contribution in [0.4, 0.5) is 4.39 Å². The van der Waals surface area contributed by atoms with Crippen LogP contribution in [0, 0.1) is 12.7 Å². The molecule has 6 heteroatoms. The van der Waals surface area contributed by atoms with Crippen molar-refractivity contribution >= 4 is 5.91 Å². The van der Waals surface area contributed by atoms with Crippen LogP contribution in [0.15, 0.2) is 54.7 Å². The molecule has 0 radical (unpaired) electrons. The molecular weight excluding hydrogens is 367 g/mol. The van der Waals surface area contributed by atoms with Crippen molar-refractivity contribution in [1.82, 2.24) is 20.0 Å². The van der Waals surface area contributed by atoms with Crippen molar-refractivity contribution < 1.29 is 9.18 Å². The Hall–Kier alpha value is -2.99. The third kappa shape index (κ3) is 4.38. The Morgan fingerprint density at radius 3 is 2.83 bits per heavy atom. The molecular formula is C23H25FN4O. The summed E-state index contributed by atoms with van der Waals surface area (Å²) in [7, 11) is 0. The molecule has 3 aromatic rings. The summed E-state index contributed by atoms with van der Waals surface area (Å²) in [6.45, 7) is 6.11. The second-order valence-corrected chi connectivity index (χ2v) is 7.67. The van der Waals surface area contributed by atoms with Gasteiger partial charge in [0, 0.05) is 49.4 Å². The molecule has 4 rings (SSSR count). The molecule has 5 nitrogen and oxygen atoms in total. The van der Waals surface area contributed by atoms with Crippen LogP contribution >= 0.6 is 0 Å². The topological polar surface area (TPSA) is 50.2 Å². The summed E-state index contributed by atoms with van der Waals surface area (Å²) >= 11 is 0. The predicted octanol–water partition coefficient (Wildman–Crippen LogP) is 3.70. The minimum Gasteiger partial charge on any atom is -0.355 e. The van der Waals surface area contributed by atoms with E-state index in [0.717, 1.165) is 28.1 Å². The molecule has 1 saturated heterocycles. The number of hydrogen-bond donors (Lipinski definition) is 1. The maximum Gasteiger partial charge on any atom is 0.221 e. The highest BCUT2D eigenvalue weighted by molar-refractivity contribution is 5.76. The molecule has 1 N–H and O–H groups in total. The lowest BCUT2D eigenvalue weighted by Gasteiger charge is -2.26. The molecule has 1 amide bonds. The van der Waals surface area contributed by atoms with Crippen molar-refractivity contribution in [3.63, 3.8) is 0 Å². The summed E-state index contributed by atoms with van der Waals surface area (Å²) in [5.41, 5.74) is 4.65. The van der Waals surface area contributed by atoms with Gasteiger partial charge in [0.25, 0.3) is 0 Å². The van der Waals surface area contributed by atoms with Crippen LogP contribution in [0.2, 0.25) is 0 Å². The molecule has 150 valence electrons. The van der Waals surface area contributed by atoms with E-state index in [1.807, 2.05) is 42.1 Å². The Labute approximate surface area is 170 Å². The normalized spacial score (nSPS) is 17.8. The maximum atomic E-state index is 13.9. The number of aryl methyl sites for hydroxylation is 1. The summed E-state index contributed by atoms with van der Waals surface area (Å²) in [4.78, 5) is 14.1. The lowest BCUT2D eigenvalue weighted by molar-refractivity contribution is -0.120. The number of rotatable bonds is 4. The highest BCUT2D eigenvalue weighted by Gasteiger charge is 2.23. The van der Waals surface area contributed by atoms with Crippen LogP contribution in [0.25, 0.3) is 16.9 Å². The number of amides is 1. The quantitative estimate of drug-likeness (QED) is 0.737. The first-order valence-corrected chi connectivity index (χ1v) is 9.92. The van der Waals surface area contributed by atoms with Crippen molar-refractivity contribution in [2.75, 3.05) is 13.1 Å². The average Bonchev–Trinajstić information content (AvgIpc) is 3.06. The molecule has 0 bridgehead atoms. The minimum atomic E-state index is -0.281. The molecule has 2 aromatic carbocycles. The Bertz CT molecular complexity index is 1030. The fourth-order valence-electron chi connectivity index (χ4n) is 3.71. The fourth-order valence-corrected chi connectivity index (χ4v) is 3.71. The van der Waals surface area contributed by atoms with Gasteiger partial charge in [0.2, 0.25) is 5.91 Å². The van der Waals surface area contributed by atoms with Gasteiger partial charge in [-0.2, -0.15) is 5.10 Å². The van der Waals surface area contributed by atoms with E-state index in [0.29, 0.717) is 26.1 Å². The molecule has 1 aliphatic heterocycles. The van der Waals surface area contributed by atoms with Crippen molar-refractivity contribution in [3.05, 3.63) is 71.7 Å². The molecule has 1 aliphatic rings. The molecule has 1 atom stereocenters. The van der Waals surface area contributed by atoms with Crippen LogP contribution in [0.5, 0.6) is 0 Å². The zero-order valence-electron chi connectivity index (χ0n) is 16.7. The van der Waals surface area contributed by atoms with Crippen LogP contribution in [-0.2, 0) is 11.3 Å². The van der Waals surface area contributed by atoms with E-state index < -0.39 is 0 Å². The molecule has 0 saturated carbocycles. The Balaban J connectivity index is 1.73. The third-order valence-corrected chi connectivity index (χ3v) is 5.37. The summed E-state index contributed by atoms with van der Waals surface area (Å²) < 4.78 is 15.7. The van der Waals surface area contributed by atoms with Crippen molar-refractivity contribution in [2.24, 2.45) is 0 Å². The van der Waals surface area contributed by atoms with Gasteiger partial charge < -0.3 is 5.32 Å². The number of hydrogen-bond acceptors (Lipinski definition) is 3. The van der Waals surface area contributed by atoms with E-state index >= 15 is 0 Å². The third-order valence-electron chi connectivity index (χ3n) is 5.37. The van der Waals surface area contributed by atoms with Crippen LogP contribution in [-0.4, -0.2) is 39.7 Å². The second-order valence-electron chi connectivity index (χ2n) is 7.67. The number of nitrogens with zero attached hydrogens (tertiary/aromatic N) is 3. The summed E-state index contributed by atoms with van der Waals surface area (Å²) in [5, 5.41) is 7.75. The van der Waals surface area contributed by atoms with E-state index in [-0.39, 0.29) is 17.8 Å². The first-order chi connectivity index (χ1) is 14.0. The van der Waals surface area contributed by atoms with Crippen LogP contribution < -0.4 is 5.32 Å². The number of carbonyl (C=O) groups is 1. The number of aromatic nitrogens is 2. The average molecular weight is 392 g/mol. The first-order valence-electron chi connectivity index (χ1n) is 9.92. The van der Waals surface area contributed by atoms with Gasteiger partial charge in [0.05, 0.1) is 11.4 Å². The summed E-state index contributed by atoms with van der Waals surface area (Å²) in [6.07, 6.45) is 2.49. The summed E-state index contributed by atoms with van der Waals surface area (Å²) in [5.74, 6) is -0.198. The van der Waals surface area contributed by atoms with E-state index in [2.05, 4.69) is 23.2 Å². The molecule has 1 fully saturated rings. The van der Waals surface area contributed by atoms with Gasteiger partial charge >= 0.3 is 0 Å². The molecule has 0 aliphatic carbocycles. The highest BCUT2D eigenvalue weighted by Crippen LogP contribution is 2.26. The molecule has 1 unspecified atom stereocenters. The zero-order valence-corrected chi connectivity index (χ0v) is 16.7. The van der Waals surface area contributed by atoms with Crippen LogP contribution in [0.3, 0.4) is 0 Å². The van der Waals surface area contributed by atoms with Crippen LogP contribution in [0.1, 0.15) is 24.5 Å². The van der Waals surface area contributed by atoms with Gasteiger partial charge in [0.15, 0.2) is 0 Å². The largest absolute Gasteiger partial charge is 0.355 e. The lowest BCUT2D eigenvalue weighted by atomic mass is 10.1. The van der Waals surface area contributed by atoms with E-state index in [1.54, 1.807) is 6.07 Å². The number of halogens is 1. The Kier molecular flexibility index (Phi) is 5.45. The van der Waals surface area contributed by atoms with E-state index in [1.165, 1.54) is 12.1 Å². The van der Waals surface area contributed by atoms with Crippen molar-refractivity contribution in [2.45, 2.75) is 32.9 Å². The molecule has 1 aromatic heterocycles. The van der Waals surface area contributed by atoms with Gasteiger partial charge in [-0.25, -0.2) is 9.07 Å². The fraction of sp³-hybridized carbons (Fsp3) is 0.304. The monoisotopic (exact) mass is 392 g/mol. The van der Waals surface area contributed by atoms with Crippen molar-refractivity contribution in [1.29, 1.82) is 0 Å². The first kappa shape index (κ1) is 19.3.